The fourth-order valence-electron chi connectivity index (χ4n) is 5.45. The van der Waals surface area contributed by atoms with Gasteiger partial charge in [-0.2, -0.15) is 5.10 Å². The molecule has 0 bridgehead atoms. The Balaban J connectivity index is 1.20. The second-order valence-corrected chi connectivity index (χ2v) is 9.42. The monoisotopic (exact) mass is 462 g/mol. The first-order valence-electron chi connectivity index (χ1n) is 12.0. The molecule has 3 amide bonds. The summed E-state index contributed by atoms with van der Waals surface area (Å²) in [6, 6.07) is 9.04. The fourth-order valence-corrected chi connectivity index (χ4v) is 5.45. The van der Waals surface area contributed by atoms with Gasteiger partial charge in [0.05, 0.1) is 17.3 Å². The molecule has 5 rings (SSSR count). The molecular formula is C25H30N6O3. The number of pyridine rings is 1. The van der Waals surface area contributed by atoms with Crippen molar-refractivity contribution < 1.29 is 14.4 Å². The van der Waals surface area contributed by atoms with Crippen LogP contribution < -0.4 is 5.32 Å². The van der Waals surface area contributed by atoms with Crippen LogP contribution in [0.1, 0.15) is 53.0 Å². The molecule has 5 heterocycles. The van der Waals surface area contributed by atoms with Crippen LogP contribution in [0.5, 0.6) is 0 Å². The zero-order chi connectivity index (χ0) is 23.5. The second-order valence-electron chi connectivity index (χ2n) is 9.42. The largest absolute Gasteiger partial charge is 0.357 e. The third kappa shape index (κ3) is 4.42. The van der Waals surface area contributed by atoms with Gasteiger partial charge in [-0.25, -0.2) is 4.52 Å². The lowest BCUT2D eigenvalue weighted by Gasteiger charge is -2.48. The van der Waals surface area contributed by atoms with Gasteiger partial charge in [0.15, 0.2) is 0 Å². The minimum Gasteiger partial charge on any atom is -0.357 e. The highest BCUT2D eigenvalue weighted by Gasteiger charge is 2.41. The molecule has 2 aliphatic heterocycles. The molecule has 34 heavy (non-hydrogen) atoms. The number of hydrogen-bond acceptors (Lipinski definition) is 4. The van der Waals surface area contributed by atoms with Crippen molar-refractivity contribution in [3.8, 4) is 0 Å². The van der Waals surface area contributed by atoms with E-state index in [4.69, 9.17) is 0 Å². The molecule has 1 spiro atoms. The van der Waals surface area contributed by atoms with Crippen LogP contribution in [0.15, 0.2) is 48.9 Å². The average Bonchev–Trinajstić information content (AvgIpc) is 3.56. The molecule has 1 atom stereocenters. The Hall–Kier alpha value is -3.62. The van der Waals surface area contributed by atoms with Crippen LogP contribution in [0.2, 0.25) is 0 Å². The molecular weight excluding hydrogens is 432 g/mol. The molecule has 0 unspecified atom stereocenters. The van der Waals surface area contributed by atoms with Gasteiger partial charge in [0, 0.05) is 57.0 Å². The Kier molecular flexibility index (Phi) is 6.08. The third-order valence-electron chi connectivity index (χ3n) is 7.10. The van der Waals surface area contributed by atoms with E-state index in [0.717, 1.165) is 44.3 Å². The summed E-state index contributed by atoms with van der Waals surface area (Å²) in [6.45, 7) is 3.09. The number of nitrogens with zero attached hydrogens (tertiary/aromatic N) is 4. The topological polar surface area (TPSA) is 103 Å². The van der Waals surface area contributed by atoms with Crippen molar-refractivity contribution in [3.63, 3.8) is 0 Å². The molecule has 2 saturated heterocycles. The number of piperidine rings is 2. The summed E-state index contributed by atoms with van der Waals surface area (Å²) in [4.78, 5) is 45.2. The smallest absolute Gasteiger partial charge is 0.267 e. The van der Waals surface area contributed by atoms with Gasteiger partial charge in [-0.05, 0) is 56.0 Å². The molecule has 2 fully saturated rings. The predicted octanol–water partition coefficient (Wildman–Crippen LogP) is 2.33. The molecule has 3 aromatic heterocycles. The van der Waals surface area contributed by atoms with Crippen molar-refractivity contribution in [1.29, 1.82) is 0 Å². The van der Waals surface area contributed by atoms with E-state index in [1.165, 1.54) is 0 Å². The summed E-state index contributed by atoms with van der Waals surface area (Å²) in [5, 5.41) is 7.04. The zero-order valence-corrected chi connectivity index (χ0v) is 19.2. The number of likely N-dealkylation sites (tertiary alicyclic amines) is 2. The van der Waals surface area contributed by atoms with Gasteiger partial charge in [0.1, 0.15) is 5.69 Å². The maximum Gasteiger partial charge on any atom is 0.267 e. The van der Waals surface area contributed by atoms with Crippen molar-refractivity contribution in [1.82, 2.24) is 29.7 Å². The second kappa shape index (κ2) is 9.32. The quantitative estimate of drug-likeness (QED) is 0.607. The number of rotatable bonds is 5. The summed E-state index contributed by atoms with van der Waals surface area (Å²) in [7, 11) is 0. The van der Waals surface area contributed by atoms with Crippen LogP contribution in [0.25, 0.3) is 5.52 Å². The highest BCUT2D eigenvalue weighted by molar-refractivity contribution is 6.00. The normalized spacial score (nSPS) is 20.6. The van der Waals surface area contributed by atoms with E-state index >= 15 is 0 Å². The van der Waals surface area contributed by atoms with E-state index in [1.807, 2.05) is 34.2 Å². The Bertz CT molecular complexity index is 1180. The van der Waals surface area contributed by atoms with Crippen LogP contribution in [0.4, 0.5) is 0 Å². The van der Waals surface area contributed by atoms with Crippen LogP contribution in [0.3, 0.4) is 0 Å². The molecule has 9 heteroatoms. The summed E-state index contributed by atoms with van der Waals surface area (Å²) in [5.41, 5.74) is 1.90. The SMILES string of the molecule is O=C(NCCC(=O)N1CCC[C@]2(CCCN(C(=O)c3cccn4nccc34)C2)C1)c1ccc[nH]1. The number of carbonyl (C=O) groups is 3. The number of nitrogens with one attached hydrogen (secondary N) is 2. The van der Waals surface area contributed by atoms with Crippen molar-refractivity contribution in [2.45, 2.75) is 32.1 Å². The van der Waals surface area contributed by atoms with Gasteiger partial charge in [-0.3, -0.25) is 14.4 Å². The number of aromatic amines is 1. The van der Waals surface area contributed by atoms with Crippen LogP contribution in [0, 0.1) is 5.41 Å². The number of amides is 3. The number of fused-ring (bicyclic) bond motifs is 1. The first-order chi connectivity index (χ1) is 16.5. The van der Waals surface area contributed by atoms with Crippen LogP contribution in [-0.2, 0) is 4.79 Å². The number of carbonyl (C=O) groups excluding carboxylic acids is 3. The Morgan fingerprint density at radius 1 is 1.03 bits per heavy atom. The molecule has 0 aliphatic carbocycles. The van der Waals surface area contributed by atoms with E-state index in [1.54, 1.807) is 29.0 Å². The highest BCUT2D eigenvalue weighted by Crippen LogP contribution is 2.39. The molecule has 178 valence electrons. The highest BCUT2D eigenvalue weighted by atomic mass is 16.2. The van der Waals surface area contributed by atoms with E-state index in [-0.39, 0.29) is 29.6 Å². The average molecular weight is 463 g/mol. The molecule has 0 aromatic carbocycles. The summed E-state index contributed by atoms with van der Waals surface area (Å²) in [5.74, 6) is -0.124. The lowest BCUT2D eigenvalue weighted by molar-refractivity contribution is -0.135. The van der Waals surface area contributed by atoms with Gasteiger partial charge in [-0.15, -0.1) is 0 Å². The summed E-state index contributed by atoms with van der Waals surface area (Å²) < 4.78 is 1.72. The number of H-pyrrole nitrogens is 1. The summed E-state index contributed by atoms with van der Waals surface area (Å²) in [6.07, 6.45) is 9.41. The van der Waals surface area contributed by atoms with Crippen molar-refractivity contribution >= 4 is 23.2 Å². The fraction of sp³-hybridized carbons (Fsp3) is 0.440. The maximum atomic E-state index is 13.4. The van der Waals surface area contributed by atoms with E-state index in [9.17, 15) is 14.4 Å². The maximum absolute atomic E-state index is 13.4. The molecule has 2 N–H and O–H groups in total. The lowest BCUT2D eigenvalue weighted by Crippen LogP contribution is -2.55. The predicted molar refractivity (Wildman–Crippen MR) is 126 cm³/mol. The van der Waals surface area contributed by atoms with Gasteiger partial charge < -0.3 is 20.1 Å². The van der Waals surface area contributed by atoms with E-state index < -0.39 is 0 Å². The van der Waals surface area contributed by atoms with Crippen LogP contribution >= 0.6 is 0 Å². The van der Waals surface area contributed by atoms with Crippen LogP contribution in [-0.4, -0.2) is 74.8 Å². The minimum absolute atomic E-state index is 0.0284. The van der Waals surface area contributed by atoms with E-state index in [0.29, 0.717) is 30.9 Å². The standard InChI is InChI=1S/C25H30N6O3/c32-22(8-12-27-23(33)20-6-1-11-26-20)29-14-3-9-25(17-29)10-4-15-30(18-25)24(34)19-5-2-16-31-21(19)7-13-28-31/h1-2,5-7,11,13,16,26H,3-4,8-10,12,14-15,17-18H2,(H,27,33)/t25-/m0/s1. The number of hydrogen-bond donors (Lipinski definition) is 2. The molecule has 2 aliphatic rings. The van der Waals surface area contributed by atoms with Gasteiger partial charge in [-0.1, -0.05) is 0 Å². The lowest BCUT2D eigenvalue weighted by atomic mass is 9.73. The Labute approximate surface area is 198 Å². The molecule has 3 aromatic rings. The number of aromatic nitrogens is 3. The molecule has 9 nitrogen and oxygen atoms in total. The van der Waals surface area contributed by atoms with E-state index in [2.05, 4.69) is 15.4 Å². The Morgan fingerprint density at radius 2 is 1.82 bits per heavy atom. The zero-order valence-electron chi connectivity index (χ0n) is 19.2. The molecule has 0 saturated carbocycles. The minimum atomic E-state index is -0.206. The molecule has 0 radical (unpaired) electrons. The first-order valence-corrected chi connectivity index (χ1v) is 12.0. The van der Waals surface area contributed by atoms with Crippen molar-refractivity contribution in [2.75, 3.05) is 32.7 Å². The van der Waals surface area contributed by atoms with Gasteiger partial charge in [0.2, 0.25) is 5.91 Å². The first kappa shape index (κ1) is 22.2. The Morgan fingerprint density at radius 3 is 2.62 bits per heavy atom. The van der Waals surface area contributed by atoms with Gasteiger partial charge >= 0.3 is 0 Å². The third-order valence-corrected chi connectivity index (χ3v) is 7.10. The van der Waals surface area contributed by atoms with Crippen molar-refractivity contribution in [2.24, 2.45) is 5.41 Å². The van der Waals surface area contributed by atoms with Gasteiger partial charge in [0.25, 0.3) is 11.8 Å². The summed E-state index contributed by atoms with van der Waals surface area (Å²) >= 11 is 0. The van der Waals surface area contributed by atoms with Crippen molar-refractivity contribution in [3.05, 3.63) is 60.2 Å².